The van der Waals surface area contributed by atoms with E-state index in [2.05, 4.69) is 18.8 Å². The number of carboxylic acid groups (broad SMARTS) is 3. The minimum Gasteiger partial charge on any atom is -0.490 e. The molecule has 11 heteroatoms. The number of carbonyl (C=O) groups excluding carboxylic acids is 2. The van der Waals surface area contributed by atoms with Crippen molar-refractivity contribution < 1.29 is 49.1 Å². The van der Waals surface area contributed by atoms with E-state index in [-0.39, 0.29) is 18.8 Å². The van der Waals surface area contributed by atoms with Gasteiger partial charge in [0.15, 0.2) is 5.60 Å². The fraction of sp³-hybridized carbons (Fsp3) is 0.559. The predicted molar refractivity (Wildman–Crippen MR) is 169 cm³/mol. The molecule has 0 radical (unpaired) electrons. The molecule has 250 valence electrons. The van der Waals surface area contributed by atoms with E-state index in [0.29, 0.717) is 37.0 Å². The second-order valence-electron chi connectivity index (χ2n) is 11.2. The molecule has 45 heavy (non-hydrogen) atoms. The number of hydrogen-bond donors (Lipinski definition) is 5. The van der Waals surface area contributed by atoms with Crippen LogP contribution in [-0.4, -0.2) is 68.3 Å². The molecule has 1 amide bonds. The molecule has 0 saturated carbocycles. The molecule has 0 aliphatic carbocycles. The van der Waals surface area contributed by atoms with Crippen LogP contribution in [0.25, 0.3) is 0 Å². The Balaban J connectivity index is 2.82. The average molecular weight is 632 g/mol. The minimum atomic E-state index is -3.02. The summed E-state index contributed by atoms with van der Waals surface area (Å²) in [6.07, 6.45) is 12.8. The van der Waals surface area contributed by atoms with E-state index in [1.807, 2.05) is 0 Å². The lowest BCUT2D eigenvalue weighted by Crippen LogP contribution is -2.55. The number of rotatable bonds is 26. The number of carbonyl (C=O) groups is 5. The molecule has 5 N–H and O–H groups in total. The number of aliphatic carboxylic acids is 3. The summed E-state index contributed by atoms with van der Waals surface area (Å²) in [6, 6.07) is 4.97. The number of carboxylic acids is 3. The van der Waals surface area contributed by atoms with E-state index in [1.165, 1.54) is 12.5 Å². The predicted octanol–water partition coefficient (Wildman–Crippen LogP) is 5.10. The van der Waals surface area contributed by atoms with Crippen molar-refractivity contribution in [2.24, 2.45) is 5.92 Å². The molecule has 0 aliphatic heterocycles. The molecular formula is C34H49NO10. The summed E-state index contributed by atoms with van der Waals surface area (Å²) in [7, 11) is 0. The van der Waals surface area contributed by atoms with Crippen LogP contribution in [0.1, 0.15) is 96.0 Å². The van der Waals surface area contributed by atoms with Crippen molar-refractivity contribution in [3.63, 3.8) is 0 Å². The topological polar surface area (TPSA) is 188 Å². The third-order valence-corrected chi connectivity index (χ3v) is 7.40. The molecule has 0 aromatic heterocycles. The third-order valence-electron chi connectivity index (χ3n) is 7.40. The van der Waals surface area contributed by atoms with E-state index in [1.54, 1.807) is 30.3 Å². The Morgan fingerprint density at radius 1 is 0.911 bits per heavy atom. The first kappa shape index (κ1) is 39.0. The van der Waals surface area contributed by atoms with E-state index < -0.39 is 47.8 Å². The molecule has 0 spiro atoms. The van der Waals surface area contributed by atoms with Gasteiger partial charge in [0.1, 0.15) is 24.2 Å². The Kier molecular flexibility index (Phi) is 18.8. The molecule has 0 bridgehead atoms. The SMILES string of the molecule is C=CCOc1ccc(C[C@H](NC(=O)[C@@H](C=CCCCCCCC(=O)CCCCCCC)[C@@](O)(CC(=O)O)C(=O)O)C(=O)O)cc1. The molecule has 0 aliphatic rings. The molecule has 0 fully saturated rings. The van der Waals surface area contributed by atoms with Gasteiger partial charge in [0.2, 0.25) is 5.91 Å². The highest BCUT2D eigenvalue weighted by molar-refractivity contribution is 5.94. The van der Waals surface area contributed by atoms with Crippen LogP contribution in [0.4, 0.5) is 0 Å². The second-order valence-corrected chi connectivity index (χ2v) is 11.2. The van der Waals surface area contributed by atoms with Crippen LogP contribution >= 0.6 is 0 Å². The van der Waals surface area contributed by atoms with E-state index in [4.69, 9.17) is 4.74 Å². The number of allylic oxidation sites excluding steroid dienone is 1. The van der Waals surface area contributed by atoms with Gasteiger partial charge in [-0.1, -0.05) is 82.4 Å². The van der Waals surface area contributed by atoms with E-state index in [0.717, 1.165) is 51.0 Å². The molecular weight excluding hydrogens is 582 g/mol. The molecule has 1 aromatic rings. The number of amides is 1. The van der Waals surface area contributed by atoms with Crippen molar-refractivity contribution in [3.05, 3.63) is 54.6 Å². The van der Waals surface area contributed by atoms with Crippen molar-refractivity contribution >= 4 is 29.6 Å². The van der Waals surface area contributed by atoms with Gasteiger partial charge in [0.05, 0.1) is 12.3 Å². The Morgan fingerprint density at radius 2 is 1.51 bits per heavy atom. The number of aliphatic hydroxyl groups is 1. The minimum absolute atomic E-state index is 0.162. The summed E-state index contributed by atoms with van der Waals surface area (Å²) in [5, 5.41) is 41.9. The number of ether oxygens (including phenoxy) is 1. The Bertz CT molecular complexity index is 1130. The molecule has 1 aromatic carbocycles. The van der Waals surface area contributed by atoms with E-state index >= 15 is 0 Å². The fourth-order valence-electron chi connectivity index (χ4n) is 4.81. The zero-order chi connectivity index (χ0) is 33.7. The van der Waals surface area contributed by atoms with Gasteiger partial charge in [-0.2, -0.15) is 0 Å². The van der Waals surface area contributed by atoms with Crippen LogP contribution in [0.5, 0.6) is 5.75 Å². The Labute approximate surface area is 265 Å². The highest BCUT2D eigenvalue weighted by Gasteiger charge is 2.49. The van der Waals surface area contributed by atoms with Gasteiger partial charge in [0.25, 0.3) is 0 Å². The van der Waals surface area contributed by atoms with E-state index in [9.17, 15) is 44.4 Å². The highest BCUT2D eigenvalue weighted by Crippen LogP contribution is 2.26. The van der Waals surface area contributed by atoms with Gasteiger partial charge >= 0.3 is 17.9 Å². The average Bonchev–Trinajstić information content (AvgIpc) is 2.98. The summed E-state index contributed by atoms with van der Waals surface area (Å²) in [5.74, 6) is -7.18. The maximum atomic E-state index is 13.2. The van der Waals surface area contributed by atoms with Crippen LogP contribution in [-0.2, 0) is 30.4 Å². The molecule has 0 unspecified atom stereocenters. The summed E-state index contributed by atoms with van der Waals surface area (Å²) in [4.78, 5) is 60.7. The maximum Gasteiger partial charge on any atom is 0.337 e. The summed E-state index contributed by atoms with van der Waals surface area (Å²) < 4.78 is 5.40. The van der Waals surface area contributed by atoms with Gasteiger partial charge in [-0.05, 0) is 43.4 Å². The first-order chi connectivity index (χ1) is 21.4. The first-order valence-corrected chi connectivity index (χ1v) is 15.7. The monoisotopic (exact) mass is 631 g/mol. The molecule has 3 atom stereocenters. The highest BCUT2D eigenvalue weighted by atomic mass is 16.5. The van der Waals surface area contributed by atoms with Gasteiger partial charge in [-0.15, -0.1) is 0 Å². The lowest BCUT2D eigenvalue weighted by molar-refractivity contribution is -0.172. The van der Waals surface area contributed by atoms with Gasteiger partial charge in [-0.3, -0.25) is 14.4 Å². The quantitative estimate of drug-likeness (QED) is 0.0680. The lowest BCUT2D eigenvalue weighted by Gasteiger charge is -2.29. The zero-order valence-corrected chi connectivity index (χ0v) is 26.2. The molecule has 11 nitrogen and oxygen atoms in total. The number of nitrogens with one attached hydrogen (secondary N) is 1. The lowest BCUT2D eigenvalue weighted by atomic mass is 9.82. The smallest absolute Gasteiger partial charge is 0.337 e. The van der Waals surface area contributed by atoms with Crippen LogP contribution in [0.2, 0.25) is 0 Å². The fourth-order valence-corrected chi connectivity index (χ4v) is 4.81. The molecule has 0 saturated heterocycles. The largest absolute Gasteiger partial charge is 0.490 e. The van der Waals surface area contributed by atoms with Crippen LogP contribution in [0, 0.1) is 5.92 Å². The summed E-state index contributed by atoms with van der Waals surface area (Å²) in [6.45, 7) is 5.99. The van der Waals surface area contributed by atoms with Crippen molar-refractivity contribution in [1.82, 2.24) is 5.32 Å². The van der Waals surface area contributed by atoms with Crippen LogP contribution in [0.3, 0.4) is 0 Å². The normalized spacial score (nSPS) is 13.8. The Hall–Kier alpha value is -3.99. The molecule has 1 rings (SSSR count). The van der Waals surface area contributed by atoms with Crippen molar-refractivity contribution in [2.45, 2.75) is 108 Å². The third kappa shape index (κ3) is 15.5. The number of ketones is 1. The summed E-state index contributed by atoms with van der Waals surface area (Å²) in [5.41, 5.74) is -2.48. The van der Waals surface area contributed by atoms with Gasteiger partial charge < -0.3 is 30.5 Å². The second kappa shape index (κ2) is 21.7. The molecule has 0 heterocycles. The van der Waals surface area contributed by atoms with Gasteiger partial charge in [-0.25, -0.2) is 9.59 Å². The number of hydrogen-bond acceptors (Lipinski definition) is 7. The number of Topliss-reactive ketones (excluding diaryl/α,β-unsaturated/α-hetero) is 1. The summed E-state index contributed by atoms with van der Waals surface area (Å²) >= 11 is 0. The number of unbranched alkanes of at least 4 members (excludes halogenated alkanes) is 8. The zero-order valence-electron chi connectivity index (χ0n) is 26.2. The van der Waals surface area contributed by atoms with Crippen molar-refractivity contribution in [3.8, 4) is 5.75 Å². The standard InChI is InChI=1S/C34H49NO10/c1-3-5-6-9-12-15-26(36)16-13-10-7-8-11-14-17-28(34(44,33(42)43)24-30(37)38)31(39)35-29(32(40)41)23-25-18-20-27(21-19-25)45-22-4-2/h4,14,17-21,28-29,44H,2-3,5-13,15-16,22-24H2,1H3,(H,35,39)(H,37,38)(H,40,41)(H,42,43)/t28-,29+,34+/m1/s1. The van der Waals surface area contributed by atoms with Crippen LogP contribution in [0.15, 0.2) is 49.1 Å². The number of benzene rings is 1. The van der Waals surface area contributed by atoms with Crippen molar-refractivity contribution in [1.29, 1.82) is 0 Å². The van der Waals surface area contributed by atoms with Crippen LogP contribution < -0.4 is 10.1 Å². The first-order valence-electron chi connectivity index (χ1n) is 15.7. The maximum absolute atomic E-state index is 13.2. The van der Waals surface area contributed by atoms with Crippen molar-refractivity contribution in [2.75, 3.05) is 6.61 Å². The Morgan fingerprint density at radius 3 is 2.04 bits per heavy atom. The van der Waals surface area contributed by atoms with Gasteiger partial charge in [0, 0.05) is 19.3 Å².